The van der Waals surface area contributed by atoms with E-state index in [0.717, 1.165) is 5.56 Å². The highest BCUT2D eigenvalue weighted by Gasteiger charge is 2.09. The van der Waals surface area contributed by atoms with Crippen LogP contribution in [0.15, 0.2) is 24.5 Å². The van der Waals surface area contributed by atoms with Crippen molar-refractivity contribution in [2.45, 2.75) is 6.92 Å². The van der Waals surface area contributed by atoms with Crippen LogP contribution >= 0.6 is 23.2 Å². The van der Waals surface area contributed by atoms with E-state index in [1.807, 2.05) is 13.0 Å². The molecule has 2 rings (SSSR count). The zero-order chi connectivity index (χ0) is 12.4. The smallest absolute Gasteiger partial charge is 0.135 e. The Morgan fingerprint density at radius 1 is 1.24 bits per heavy atom. The molecular weight excluding hydrogens is 259 g/mol. The van der Waals surface area contributed by atoms with Crippen molar-refractivity contribution in [3.05, 3.63) is 40.1 Å². The zero-order valence-electron chi connectivity index (χ0n) is 9.04. The molecule has 0 saturated carbocycles. The summed E-state index contributed by atoms with van der Waals surface area (Å²) in [6.07, 6.45) is 1.37. The van der Waals surface area contributed by atoms with E-state index in [-0.39, 0.29) is 0 Å². The molecular formula is C11H10Cl2N4. The lowest BCUT2D eigenvalue weighted by atomic mass is 10.2. The molecule has 0 radical (unpaired) electrons. The fraction of sp³-hybridized carbons (Fsp3) is 0.0909. The van der Waals surface area contributed by atoms with Gasteiger partial charge in [0.2, 0.25) is 0 Å². The summed E-state index contributed by atoms with van der Waals surface area (Å²) in [5.74, 6) is 0.925. The molecule has 0 aliphatic rings. The van der Waals surface area contributed by atoms with Gasteiger partial charge in [-0.15, -0.1) is 0 Å². The predicted molar refractivity (Wildman–Crippen MR) is 70.9 cm³/mol. The molecule has 2 aromatic rings. The monoisotopic (exact) mass is 268 g/mol. The molecule has 1 aromatic carbocycles. The van der Waals surface area contributed by atoms with Crippen molar-refractivity contribution in [1.82, 2.24) is 9.97 Å². The topological polar surface area (TPSA) is 63.8 Å². The van der Waals surface area contributed by atoms with E-state index >= 15 is 0 Å². The second-order valence-corrected chi connectivity index (χ2v) is 4.29. The van der Waals surface area contributed by atoms with Crippen molar-refractivity contribution in [1.29, 1.82) is 0 Å². The molecule has 0 spiro atoms. The number of nitrogens with one attached hydrogen (secondary N) is 1. The maximum Gasteiger partial charge on any atom is 0.135 e. The van der Waals surface area contributed by atoms with Gasteiger partial charge in [-0.05, 0) is 18.6 Å². The number of aryl methyl sites for hydroxylation is 1. The Bertz CT molecular complexity index is 557. The van der Waals surface area contributed by atoms with Crippen LogP contribution < -0.4 is 11.1 Å². The fourth-order valence-electron chi connectivity index (χ4n) is 1.34. The largest absolute Gasteiger partial charge is 0.384 e. The number of benzene rings is 1. The number of halogens is 2. The SMILES string of the molecule is Cc1ccc(Cl)c(Nc2cc(N)ncn2)c1Cl. The molecule has 0 unspecified atom stereocenters. The summed E-state index contributed by atoms with van der Waals surface area (Å²) in [5.41, 5.74) is 7.11. The van der Waals surface area contributed by atoms with Crippen LogP contribution in [0.5, 0.6) is 0 Å². The first-order chi connectivity index (χ1) is 8.08. The maximum absolute atomic E-state index is 6.17. The molecule has 0 bridgehead atoms. The first-order valence-corrected chi connectivity index (χ1v) is 5.62. The number of hydrogen-bond donors (Lipinski definition) is 2. The number of rotatable bonds is 2. The number of aromatic nitrogens is 2. The van der Waals surface area contributed by atoms with Crippen molar-refractivity contribution in [3.63, 3.8) is 0 Å². The van der Waals surface area contributed by atoms with Gasteiger partial charge in [-0.25, -0.2) is 9.97 Å². The average Bonchev–Trinajstić information content (AvgIpc) is 2.30. The van der Waals surface area contributed by atoms with Gasteiger partial charge in [0, 0.05) is 6.07 Å². The molecule has 17 heavy (non-hydrogen) atoms. The van der Waals surface area contributed by atoms with E-state index < -0.39 is 0 Å². The van der Waals surface area contributed by atoms with Crippen LogP contribution in [0.4, 0.5) is 17.3 Å². The lowest BCUT2D eigenvalue weighted by Crippen LogP contribution is -1.99. The Morgan fingerprint density at radius 2 is 2.00 bits per heavy atom. The molecule has 0 amide bonds. The van der Waals surface area contributed by atoms with E-state index in [1.165, 1.54) is 6.33 Å². The minimum Gasteiger partial charge on any atom is -0.384 e. The molecule has 88 valence electrons. The first-order valence-electron chi connectivity index (χ1n) is 4.87. The predicted octanol–water partition coefficient (Wildman–Crippen LogP) is 3.42. The van der Waals surface area contributed by atoms with Crippen molar-refractivity contribution >= 4 is 40.5 Å². The van der Waals surface area contributed by atoms with Gasteiger partial charge >= 0.3 is 0 Å². The molecule has 0 atom stereocenters. The number of nitrogens with two attached hydrogens (primary N) is 1. The van der Waals surface area contributed by atoms with Gasteiger partial charge in [0.05, 0.1) is 15.7 Å². The second-order valence-electron chi connectivity index (χ2n) is 3.51. The standard InChI is InChI=1S/C11H10Cl2N4/c1-6-2-3-7(12)11(10(6)13)17-9-4-8(14)15-5-16-9/h2-5H,1H3,(H3,14,15,16,17). The van der Waals surface area contributed by atoms with Crippen LogP contribution in [-0.2, 0) is 0 Å². The molecule has 1 aromatic heterocycles. The van der Waals surface area contributed by atoms with Crippen molar-refractivity contribution in [2.24, 2.45) is 0 Å². The fourth-order valence-corrected chi connectivity index (χ4v) is 1.81. The Kier molecular flexibility index (Phi) is 3.36. The molecule has 4 nitrogen and oxygen atoms in total. The highest BCUT2D eigenvalue weighted by Crippen LogP contribution is 2.34. The average molecular weight is 269 g/mol. The van der Waals surface area contributed by atoms with Crippen LogP contribution in [0.25, 0.3) is 0 Å². The van der Waals surface area contributed by atoms with Gasteiger partial charge in [-0.2, -0.15) is 0 Å². The third-order valence-electron chi connectivity index (χ3n) is 2.23. The van der Waals surface area contributed by atoms with E-state index in [1.54, 1.807) is 12.1 Å². The van der Waals surface area contributed by atoms with Crippen molar-refractivity contribution in [3.8, 4) is 0 Å². The molecule has 0 aliphatic carbocycles. The lowest BCUT2D eigenvalue weighted by molar-refractivity contribution is 1.17. The van der Waals surface area contributed by atoms with E-state index in [2.05, 4.69) is 15.3 Å². The Labute approximate surface area is 109 Å². The van der Waals surface area contributed by atoms with Gasteiger partial charge < -0.3 is 11.1 Å². The highest BCUT2D eigenvalue weighted by atomic mass is 35.5. The first kappa shape index (κ1) is 12.0. The number of nitrogen functional groups attached to an aromatic ring is 1. The van der Waals surface area contributed by atoms with Crippen LogP contribution in [0.1, 0.15) is 5.56 Å². The molecule has 0 aliphatic heterocycles. The van der Waals surface area contributed by atoms with Crippen molar-refractivity contribution in [2.75, 3.05) is 11.1 Å². The van der Waals surface area contributed by atoms with Crippen LogP contribution in [-0.4, -0.2) is 9.97 Å². The van der Waals surface area contributed by atoms with Gasteiger partial charge in [-0.1, -0.05) is 29.3 Å². The third-order valence-corrected chi connectivity index (χ3v) is 3.03. The molecule has 0 fully saturated rings. The summed E-state index contributed by atoms with van der Waals surface area (Å²) in [4.78, 5) is 7.83. The van der Waals surface area contributed by atoms with E-state index in [9.17, 15) is 0 Å². The minimum absolute atomic E-state index is 0.377. The van der Waals surface area contributed by atoms with Crippen molar-refractivity contribution < 1.29 is 0 Å². The minimum atomic E-state index is 0.377. The molecule has 1 heterocycles. The summed E-state index contributed by atoms with van der Waals surface area (Å²) in [7, 11) is 0. The Morgan fingerprint density at radius 3 is 2.71 bits per heavy atom. The summed E-state index contributed by atoms with van der Waals surface area (Å²) in [5, 5.41) is 4.12. The molecule has 6 heteroatoms. The Balaban J connectivity index is 2.39. The van der Waals surface area contributed by atoms with Gasteiger partial charge in [-0.3, -0.25) is 0 Å². The molecule has 3 N–H and O–H groups in total. The summed E-state index contributed by atoms with van der Waals surface area (Å²) >= 11 is 12.2. The van der Waals surface area contributed by atoms with Gasteiger partial charge in [0.1, 0.15) is 18.0 Å². The lowest BCUT2D eigenvalue weighted by Gasteiger charge is -2.11. The van der Waals surface area contributed by atoms with Crippen LogP contribution in [0.3, 0.4) is 0 Å². The number of anilines is 3. The van der Waals surface area contributed by atoms with Crippen LogP contribution in [0.2, 0.25) is 10.0 Å². The number of nitrogens with zero attached hydrogens (tertiary/aromatic N) is 2. The quantitative estimate of drug-likeness (QED) is 0.876. The van der Waals surface area contributed by atoms with Gasteiger partial charge in [0.15, 0.2) is 0 Å². The summed E-state index contributed by atoms with van der Waals surface area (Å²) in [6, 6.07) is 5.23. The normalized spacial score (nSPS) is 10.3. The second kappa shape index (κ2) is 4.77. The van der Waals surface area contributed by atoms with E-state index in [4.69, 9.17) is 28.9 Å². The van der Waals surface area contributed by atoms with Crippen LogP contribution in [0, 0.1) is 6.92 Å². The highest BCUT2D eigenvalue weighted by molar-refractivity contribution is 6.39. The Hall–Kier alpha value is -1.52. The third kappa shape index (κ3) is 2.60. The maximum atomic E-state index is 6.17. The summed E-state index contributed by atoms with van der Waals surface area (Å²) in [6.45, 7) is 1.90. The molecule has 0 saturated heterocycles. The number of hydrogen-bond acceptors (Lipinski definition) is 4. The van der Waals surface area contributed by atoms with E-state index in [0.29, 0.717) is 27.4 Å². The zero-order valence-corrected chi connectivity index (χ0v) is 10.5. The summed E-state index contributed by atoms with van der Waals surface area (Å²) < 4.78 is 0. The van der Waals surface area contributed by atoms with Gasteiger partial charge in [0.25, 0.3) is 0 Å².